The van der Waals surface area contributed by atoms with Gasteiger partial charge in [-0.1, -0.05) is 6.58 Å². The zero-order valence-corrected chi connectivity index (χ0v) is 5.24. The summed E-state index contributed by atoms with van der Waals surface area (Å²) in [5.74, 6) is 0.417. The third-order valence-electron chi connectivity index (χ3n) is 1.32. The van der Waals surface area contributed by atoms with Crippen LogP contribution in [0.3, 0.4) is 0 Å². The predicted molar refractivity (Wildman–Crippen MR) is 32.7 cm³/mol. The molecule has 8 heavy (non-hydrogen) atoms. The summed E-state index contributed by atoms with van der Waals surface area (Å²) in [7, 11) is 0. The number of allylic oxidation sites excluding steroid dienone is 1. The van der Waals surface area contributed by atoms with Gasteiger partial charge in [0.1, 0.15) is 0 Å². The lowest BCUT2D eigenvalue weighted by atomic mass is 10.2. The highest BCUT2D eigenvalue weighted by Gasteiger charge is 2.27. The average Bonchev–Trinajstić information content (AvgIpc) is 2.43. The normalized spacial score (nSPS) is 18.1. The Balaban J connectivity index is 2.45. The van der Waals surface area contributed by atoms with Gasteiger partial charge in [-0.05, 0) is 30.4 Å². The van der Waals surface area contributed by atoms with Crippen LogP contribution < -0.4 is 0 Å². The molecule has 0 aliphatic heterocycles. The van der Waals surface area contributed by atoms with E-state index in [9.17, 15) is 4.79 Å². The average molecular weight is 131 g/mol. The summed E-state index contributed by atoms with van der Waals surface area (Å²) in [6.07, 6.45) is 2.19. The van der Waals surface area contributed by atoms with E-state index in [1.807, 2.05) is 0 Å². The Bertz CT molecular complexity index is 135. The van der Waals surface area contributed by atoms with Crippen molar-refractivity contribution in [2.45, 2.75) is 12.8 Å². The molecule has 1 rings (SSSR count). The fourth-order valence-electron chi connectivity index (χ4n) is 0.592. The van der Waals surface area contributed by atoms with Gasteiger partial charge < -0.3 is 0 Å². The first kappa shape index (κ1) is 5.83. The van der Waals surface area contributed by atoms with E-state index < -0.39 is 0 Å². The summed E-state index contributed by atoms with van der Waals surface area (Å²) in [5, 5.41) is -0.368. The summed E-state index contributed by atoms with van der Waals surface area (Å²) in [4.78, 5) is 10.3. The van der Waals surface area contributed by atoms with E-state index in [0.717, 1.165) is 12.8 Å². The Morgan fingerprint density at radius 3 is 2.25 bits per heavy atom. The minimum Gasteiger partial charge on any atom is -0.276 e. The molecule has 0 atom stereocenters. The number of carbonyl (C=O) groups is 1. The van der Waals surface area contributed by atoms with Crippen LogP contribution in [0.25, 0.3) is 0 Å². The van der Waals surface area contributed by atoms with Gasteiger partial charge in [-0.2, -0.15) is 0 Å². The molecule has 2 heteroatoms. The molecule has 1 nitrogen and oxygen atoms in total. The molecule has 44 valence electrons. The Kier molecular flexibility index (Phi) is 1.39. The van der Waals surface area contributed by atoms with Crippen LogP contribution in [0.4, 0.5) is 0 Å². The first-order valence-corrected chi connectivity index (χ1v) is 2.98. The summed E-state index contributed by atoms with van der Waals surface area (Å²) >= 11 is 5.12. The minimum absolute atomic E-state index is 0.368. The van der Waals surface area contributed by atoms with Crippen LogP contribution in [0, 0.1) is 5.92 Å². The van der Waals surface area contributed by atoms with Crippen LogP contribution in [0.5, 0.6) is 0 Å². The van der Waals surface area contributed by atoms with Crippen molar-refractivity contribution < 1.29 is 4.79 Å². The zero-order valence-electron chi connectivity index (χ0n) is 4.48. The molecule has 0 unspecified atom stereocenters. The van der Waals surface area contributed by atoms with Crippen molar-refractivity contribution in [1.29, 1.82) is 0 Å². The predicted octanol–water partition coefficient (Wildman–Crippen LogP) is 1.72. The molecule has 0 aromatic rings. The van der Waals surface area contributed by atoms with Crippen molar-refractivity contribution in [2.24, 2.45) is 5.92 Å². The van der Waals surface area contributed by atoms with Crippen molar-refractivity contribution in [2.75, 3.05) is 0 Å². The van der Waals surface area contributed by atoms with Crippen molar-refractivity contribution in [3.63, 3.8) is 0 Å². The Labute approximate surface area is 53.3 Å². The lowest BCUT2D eigenvalue weighted by molar-refractivity contribution is -0.108. The van der Waals surface area contributed by atoms with Crippen molar-refractivity contribution in [3.8, 4) is 0 Å². The molecular formula is C6H7ClO. The highest BCUT2D eigenvalue weighted by molar-refractivity contribution is 6.67. The first-order chi connectivity index (χ1) is 3.72. The summed E-state index contributed by atoms with van der Waals surface area (Å²) < 4.78 is 0. The second kappa shape index (κ2) is 1.90. The Morgan fingerprint density at radius 2 is 2.12 bits per heavy atom. The molecule has 0 radical (unpaired) electrons. The van der Waals surface area contributed by atoms with Gasteiger partial charge in [0.25, 0.3) is 0 Å². The number of hydrogen-bond acceptors (Lipinski definition) is 1. The first-order valence-electron chi connectivity index (χ1n) is 2.60. The van der Waals surface area contributed by atoms with Gasteiger partial charge in [0.2, 0.25) is 5.24 Å². The van der Waals surface area contributed by atoms with Crippen LogP contribution in [-0.2, 0) is 4.79 Å². The topological polar surface area (TPSA) is 17.1 Å². The van der Waals surface area contributed by atoms with Crippen LogP contribution in [0.15, 0.2) is 12.2 Å². The molecule has 0 aromatic carbocycles. The Morgan fingerprint density at radius 1 is 1.62 bits per heavy atom. The fraction of sp³-hybridized carbons (Fsp3) is 0.500. The molecule has 0 saturated heterocycles. The van der Waals surface area contributed by atoms with Gasteiger partial charge in [-0.25, -0.2) is 0 Å². The SMILES string of the molecule is C=C(C(=O)Cl)C1CC1. The maximum absolute atomic E-state index is 10.3. The van der Waals surface area contributed by atoms with Gasteiger partial charge in [0, 0.05) is 5.57 Å². The lowest BCUT2D eigenvalue weighted by Crippen LogP contribution is -1.91. The van der Waals surface area contributed by atoms with E-state index in [2.05, 4.69) is 6.58 Å². The molecule has 0 aromatic heterocycles. The molecule has 1 fully saturated rings. The van der Waals surface area contributed by atoms with Gasteiger partial charge in [-0.15, -0.1) is 0 Å². The molecule has 0 bridgehead atoms. The highest BCUT2D eigenvalue weighted by Crippen LogP contribution is 2.36. The van der Waals surface area contributed by atoms with Crippen LogP contribution in [0.1, 0.15) is 12.8 Å². The van der Waals surface area contributed by atoms with Crippen LogP contribution in [-0.4, -0.2) is 5.24 Å². The van der Waals surface area contributed by atoms with Gasteiger partial charge >= 0.3 is 0 Å². The summed E-state index contributed by atoms with van der Waals surface area (Å²) in [6, 6.07) is 0. The molecule has 0 amide bonds. The smallest absolute Gasteiger partial charge is 0.248 e. The maximum Gasteiger partial charge on any atom is 0.248 e. The van der Waals surface area contributed by atoms with Gasteiger partial charge in [0.15, 0.2) is 0 Å². The van der Waals surface area contributed by atoms with Gasteiger partial charge in [0.05, 0.1) is 0 Å². The van der Waals surface area contributed by atoms with E-state index in [1.54, 1.807) is 0 Å². The number of hydrogen-bond donors (Lipinski definition) is 0. The largest absolute Gasteiger partial charge is 0.276 e. The zero-order chi connectivity index (χ0) is 6.15. The molecule has 1 saturated carbocycles. The van der Waals surface area contributed by atoms with E-state index in [0.29, 0.717) is 11.5 Å². The monoisotopic (exact) mass is 130 g/mol. The molecule has 1 aliphatic carbocycles. The number of halogens is 1. The lowest BCUT2D eigenvalue weighted by Gasteiger charge is -1.89. The van der Waals surface area contributed by atoms with Gasteiger partial charge in [-0.3, -0.25) is 4.79 Å². The van der Waals surface area contributed by atoms with E-state index in [4.69, 9.17) is 11.6 Å². The molecular weight excluding hydrogens is 124 g/mol. The fourth-order valence-corrected chi connectivity index (χ4v) is 0.747. The van der Waals surface area contributed by atoms with Crippen molar-refractivity contribution >= 4 is 16.8 Å². The summed E-state index contributed by atoms with van der Waals surface area (Å²) in [5.41, 5.74) is 0.590. The highest BCUT2D eigenvalue weighted by atomic mass is 35.5. The standard InChI is InChI=1S/C6H7ClO/c1-4(6(7)8)5-2-3-5/h5H,1-3H2. The van der Waals surface area contributed by atoms with Crippen molar-refractivity contribution in [1.82, 2.24) is 0 Å². The Hall–Kier alpha value is -0.300. The maximum atomic E-state index is 10.3. The van der Waals surface area contributed by atoms with Crippen LogP contribution >= 0.6 is 11.6 Å². The molecule has 0 heterocycles. The molecule has 0 spiro atoms. The van der Waals surface area contributed by atoms with Crippen LogP contribution in [0.2, 0.25) is 0 Å². The quantitative estimate of drug-likeness (QED) is 0.411. The number of rotatable bonds is 2. The third kappa shape index (κ3) is 1.10. The molecule has 0 N–H and O–H groups in total. The molecule has 1 aliphatic rings. The minimum atomic E-state index is -0.368. The second-order valence-electron chi connectivity index (χ2n) is 2.07. The second-order valence-corrected chi connectivity index (χ2v) is 2.42. The van der Waals surface area contributed by atoms with Crippen molar-refractivity contribution in [3.05, 3.63) is 12.2 Å². The number of carbonyl (C=O) groups excluding carboxylic acids is 1. The van der Waals surface area contributed by atoms with E-state index >= 15 is 0 Å². The summed E-state index contributed by atoms with van der Waals surface area (Å²) in [6.45, 7) is 3.53. The third-order valence-corrected chi connectivity index (χ3v) is 1.57. The van der Waals surface area contributed by atoms with E-state index in [1.165, 1.54) is 0 Å². The van der Waals surface area contributed by atoms with E-state index in [-0.39, 0.29) is 5.24 Å².